The van der Waals surface area contributed by atoms with E-state index in [9.17, 15) is 18.0 Å². The smallest absolute Gasteiger partial charge is 0.274 e. The Hall–Kier alpha value is -2.74. The lowest BCUT2D eigenvalue weighted by molar-refractivity contribution is 0.0936. The van der Waals surface area contributed by atoms with Gasteiger partial charge < -0.3 is 10.6 Å². The average Bonchev–Trinajstić information content (AvgIpc) is 3.00. The van der Waals surface area contributed by atoms with Gasteiger partial charge in [-0.15, -0.1) is 0 Å². The van der Waals surface area contributed by atoms with Crippen LogP contribution in [0, 0.1) is 0 Å². The van der Waals surface area contributed by atoms with Gasteiger partial charge in [0.1, 0.15) is 11.4 Å². The molecule has 1 aromatic heterocycles. The standard InChI is InChI=1S/C19H21N3O4S/c1-2-13-6-8-14(9-7-13)20-18(23)16-4-3-5-17(22-16)19(24)21-15-10-11-27(25,26)12-15/h3-9,15H,2,10-12H2,1H3,(H,20,23)(H,21,24). The molecule has 1 aliphatic rings. The van der Waals surface area contributed by atoms with Crippen LogP contribution in [0.25, 0.3) is 0 Å². The molecule has 8 heteroatoms. The first-order valence-corrected chi connectivity index (χ1v) is 10.6. The van der Waals surface area contributed by atoms with E-state index in [0.29, 0.717) is 12.1 Å². The number of anilines is 1. The van der Waals surface area contributed by atoms with Gasteiger partial charge in [0.05, 0.1) is 11.5 Å². The average molecular weight is 387 g/mol. The van der Waals surface area contributed by atoms with Gasteiger partial charge in [-0.3, -0.25) is 9.59 Å². The first-order valence-electron chi connectivity index (χ1n) is 8.75. The Labute approximate surface area is 158 Å². The summed E-state index contributed by atoms with van der Waals surface area (Å²) in [6.07, 6.45) is 1.30. The summed E-state index contributed by atoms with van der Waals surface area (Å²) in [5.41, 5.74) is 2.00. The Balaban J connectivity index is 1.67. The Kier molecular flexibility index (Phi) is 5.55. The molecule has 1 aliphatic heterocycles. The van der Waals surface area contributed by atoms with Crippen molar-refractivity contribution >= 4 is 27.3 Å². The van der Waals surface area contributed by atoms with Crippen LogP contribution < -0.4 is 10.6 Å². The lowest BCUT2D eigenvalue weighted by atomic mass is 10.1. The van der Waals surface area contributed by atoms with Gasteiger partial charge in [0.15, 0.2) is 9.84 Å². The number of aromatic nitrogens is 1. The van der Waals surface area contributed by atoms with Crippen molar-refractivity contribution in [2.75, 3.05) is 16.8 Å². The number of carbonyl (C=O) groups excluding carboxylic acids is 2. The SMILES string of the molecule is CCc1ccc(NC(=O)c2cccc(C(=O)NC3CCS(=O)(=O)C3)n2)cc1. The van der Waals surface area contributed by atoms with E-state index in [1.54, 1.807) is 6.07 Å². The molecular formula is C19H21N3O4S. The zero-order valence-electron chi connectivity index (χ0n) is 14.9. The summed E-state index contributed by atoms with van der Waals surface area (Å²) in [6.45, 7) is 2.05. The lowest BCUT2D eigenvalue weighted by Crippen LogP contribution is -2.36. The molecule has 2 N–H and O–H groups in total. The molecule has 0 radical (unpaired) electrons. The third-order valence-corrected chi connectivity index (χ3v) is 6.17. The first kappa shape index (κ1) is 19.0. The van der Waals surface area contributed by atoms with E-state index in [4.69, 9.17) is 0 Å². The molecule has 0 saturated carbocycles. The first-order chi connectivity index (χ1) is 12.9. The van der Waals surface area contributed by atoms with Crippen molar-refractivity contribution in [3.63, 3.8) is 0 Å². The topological polar surface area (TPSA) is 105 Å². The van der Waals surface area contributed by atoms with E-state index in [1.807, 2.05) is 24.3 Å². The maximum absolute atomic E-state index is 12.4. The second-order valence-electron chi connectivity index (χ2n) is 6.49. The predicted octanol–water partition coefficient (Wildman–Crippen LogP) is 1.81. The molecule has 27 heavy (non-hydrogen) atoms. The number of amides is 2. The van der Waals surface area contributed by atoms with Crippen molar-refractivity contribution in [1.82, 2.24) is 10.3 Å². The summed E-state index contributed by atoms with van der Waals surface area (Å²) in [6, 6.07) is 11.7. The van der Waals surface area contributed by atoms with Crippen LogP contribution in [0.2, 0.25) is 0 Å². The highest BCUT2D eigenvalue weighted by Crippen LogP contribution is 2.13. The molecule has 2 heterocycles. The molecule has 0 bridgehead atoms. The van der Waals surface area contributed by atoms with Gasteiger partial charge in [-0.2, -0.15) is 0 Å². The summed E-state index contributed by atoms with van der Waals surface area (Å²) < 4.78 is 23.0. The number of aryl methyl sites for hydroxylation is 1. The second kappa shape index (κ2) is 7.87. The van der Waals surface area contributed by atoms with Crippen LogP contribution in [0.3, 0.4) is 0 Å². The lowest BCUT2D eigenvalue weighted by Gasteiger charge is -2.11. The number of pyridine rings is 1. The van der Waals surface area contributed by atoms with Crippen molar-refractivity contribution < 1.29 is 18.0 Å². The fourth-order valence-electron chi connectivity index (χ4n) is 2.87. The van der Waals surface area contributed by atoms with Crippen molar-refractivity contribution in [1.29, 1.82) is 0 Å². The molecule has 0 aliphatic carbocycles. The van der Waals surface area contributed by atoms with Crippen LogP contribution in [0.5, 0.6) is 0 Å². The molecule has 1 unspecified atom stereocenters. The van der Waals surface area contributed by atoms with Gasteiger partial charge in [-0.1, -0.05) is 25.1 Å². The van der Waals surface area contributed by atoms with Crippen molar-refractivity contribution in [2.45, 2.75) is 25.8 Å². The Morgan fingerprint density at radius 2 is 1.74 bits per heavy atom. The van der Waals surface area contributed by atoms with Gasteiger partial charge in [0, 0.05) is 11.7 Å². The van der Waals surface area contributed by atoms with Crippen molar-refractivity contribution in [3.05, 3.63) is 59.4 Å². The third kappa shape index (κ3) is 4.91. The van der Waals surface area contributed by atoms with Crippen molar-refractivity contribution in [2.24, 2.45) is 0 Å². The zero-order valence-corrected chi connectivity index (χ0v) is 15.8. The number of benzene rings is 1. The second-order valence-corrected chi connectivity index (χ2v) is 8.71. The number of hydrogen-bond donors (Lipinski definition) is 2. The van der Waals surface area contributed by atoms with Crippen molar-refractivity contribution in [3.8, 4) is 0 Å². The largest absolute Gasteiger partial charge is 0.347 e. The van der Waals surface area contributed by atoms with Crippen LogP contribution >= 0.6 is 0 Å². The molecular weight excluding hydrogens is 366 g/mol. The number of sulfone groups is 1. The van der Waals surface area contributed by atoms with Gasteiger partial charge >= 0.3 is 0 Å². The summed E-state index contributed by atoms with van der Waals surface area (Å²) in [7, 11) is -3.08. The van der Waals surface area contributed by atoms with Crippen LogP contribution in [0.4, 0.5) is 5.69 Å². The summed E-state index contributed by atoms with van der Waals surface area (Å²) in [5, 5.41) is 5.41. The highest BCUT2D eigenvalue weighted by molar-refractivity contribution is 7.91. The zero-order chi connectivity index (χ0) is 19.4. The normalized spacial score (nSPS) is 18.0. The number of rotatable bonds is 5. The van der Waals surface area contributed by atoms with Gasteiger partial charge in [0.25, 0.3) is 11.8 Å². The molecule has 1 atom stereocenters. The minimum Gasteiger partial charge on any atom is -0.347 e. The molecule has 7 nitrogen and oxygen atoms in total. The Bertz CT molecular complexity index is 955. The van der Waals surface area contributed by atoms with Gasteiger partial charge in [0.2, 0.25) is 0 Å². The van der Waals surface area contributed by atoms with E-state index in [-0.39, 0.29) is 22.9 Å². The number of hydrogen-bond acceptors (Lipinski definition) is 5. The Morgan fingerprint density at radius 1 is 1.07 bits per heavy atom. The van der Waals surface area contributed by atoms with E-state index < -0.39 is 27.7 Å². The van der Waals surface area contributed by atoms with Crippen LogP contribution in [0.15, 0.2) is 42.5 Å². The van der Waals surface area contributed by atoms with Crippen LogP contribution in [0.1, 0.15) is 39.9 Å². The maximum atomic E-state index is 12.4. The third-order valence-electron chi connectivity index (χ3n) is 4.40. The number of carbonyl (C=O) groups is 2. The predicted molar refractivity (Wildman–Crippen MR) is 103 cm³/mol. The van der Waals surface area contributed by atoms with Gasteiger partial charge in [-0.25, -0.2) is 13.4 Å². The highest BCUT2D eigenvalue weighted by Gasteiger charge is 2.29. The summed E-state index contributed by atoms with van der Waals surface area (Å²) >= 11 is 0. The minimum absolute atomic E-state index is 0.0628. The molecule has 1 aromatic carbocycles. The van der Waals surface area contributed by atoms with E-state index >= 15 is 0 Å². The van der Waals surface area contributed by atoms with E-state index in [1.165, 1.54) is 17.7 Å². The number of nitrogens with one attached hydrogen (secondary N) is 2. The molecule has 0 spiro atoms. The fraction of sp³-hybridized carbons (Fsp3) is 0.316. The number of nitrogens with zero attached hydrogens (tertiary/aromatic N) is 1. The minimum atomic E-state index is -3.08. The monoisotopic (exact) mass is 387 g/mol. The van der Waals surface area contributed by atoms with E-state index in [0.717, 1.165) is 6.42 Å². The molecule has 1 fully saturated rings. The molecule has 2 amide bonds. The summed E-state index contributed by atoms with van der Waals surface area (Å²) in [5.74, 6) is -0.895. The van der Waals surface area contributed by atoms with Crippen LogP contribution in [-0.2, 0) is 16.3 Å². The quantitative estimate of drug-likeness (QED) is 0.814. The molecule has 2 aromatic rings. The molecule has 1 saturated heterocycles. The van der Waals surface area contributed by atoms with E-state index in [2.05, 4.69) is 22.5 Å². The van der Waals surface area contributed by atoms with Crippen LogP contribution in [-0.4, -0.2) is 42.8 Å². The van der Waals surface area contributed by atoms with Gasteiger partial charge in [-0.05, 0) is 42.7 Å². The molecule has 3 rings (SSSR count). The fourth-order valence-corrected chi connectivity index (χ4v) is 4.55. The Morgan fingerprint density at radius 3 is 2.33 bits per heavy atom. The maximum Gasteiger partial charge on any atom is 0.274 e. The summed E-state index contributed by atoms with van der Waals surface area (Å²) in [4.78, 5) is 28.8. The molecule has 142 valence electrons. The highest BCUT2D eigenvalue weighted by atomic mass is 32.2.